The molecule has 1 N–H and O–H groups in total. The zero-order chi connectivity index (χ0) is 18.8. The Balaban J connectivity index is 1.68. The van der Waals surface area contributed by atoms with Gasteiger partial charge < -0.3 is 14.8 Å². The van der Waals surface area contributed by atoms with Crippen molar-refractivity contribution in [3.63, 3.8) is 0 Å². The van der Waals surface area contributed by atoms with E-state index < -0.39 is 0 Å². The Labute approximate surface area is 161 Å². The third-order valence-corrected chi connectivity index (χ3v) is 5.73. The Morgan fingerprint density at radius 3 is 2.81 bits per heavy atom. The first-order chi connectivity index (χ1) is 13.2. The molecular weight excluding hydrogens is 363 g/mol. The van der Waals surface area contributed by atoms with Crippen LogP contribution in [0.15, 0.2) is 59.1 Å². The Hall–Kier alpha value is -2.86. The molecule has 0 aliphatic carbocycles. The molecule has 0 spiro atoms. The van der Waals surface area contributed by atoms with Crippen molar-refractivity contribution < 1.29 is 14.3 Å². The molecule has 3 aromatic rings. The summed E-state index contributed by atoms with van der Waals surface area (Å²) in [6, 6.07) is 13.7. The van der Waals surface area contributed by atoms with Gasteiger partial charge in [-0.05, 0) is 41.6 Å². The Bertz CT molecular complexity index is 999. The summed E-state index contributed by atoms with van der Waals surface area (Å²) in [7, 11) is 1.51. The van der Waals surface area contributed by atoms with E-state index in [0.29, 0.717) is 17.0 Å². The number of halogens is 1. The molecule has 0 amide bonds. The van der Waals surface area contributed by atoms with Crippen molar-refractivity contribution in [2.75, 3.05) is 13.7 Å². The molecule has 0 saturated heterocycles. The number of hydrogen-bond acceptors (Lipinski definition) is 4. The number of benzene rings is 2. The van der Waals surface area contributed by atoms with E-state index in [1.54, 1.807) is 41.7 Å². The average Bonchev–Trinajstić information content (AvgIpc) is 3.14. The Kier molecular flexibility index (Phi) is 4.81. The van der Waals surface area contributed by atoms with Crippen LogP contribution in [0.3, 0.4) is 0 Å². The van der Waals surface area contributed by atoms with E-state index in [9.17, 15) is 9.50 Å². The maximum absolute atomic E-state index is 14.1. The minimum Gasteiger partial charge on any atom is -0.507 e. The Morgan fingerprint density at radius 2 is 2.04 bits per heavy atom. The fourth-order valence-corrected chi connectivity index (χ4v) is 4.28. The fraction of sp³-hybridized carbons (Fsp3) is 0.190. The van der Waals surface area contributed by atoms with Gasteiger partial charge in [0, 0.05) is 34.7 Å². The van der Waals surface area contributed by atoms with Gasteiger partial charge in [-0.3, -0.25) is 0 Å². The van der Waals surface area contributed by atoms with Gasteiger partial charge in [-0.15, -0.1) is 11.3 Å². The standard InChI is InChI=1S/C21H19FN2O2S/c1-26-23-21(24-10-8-20-15(13-24)9-11-27-20)14-6-7-17(19(25)12-14)16-4-2-3-5-18(16)22/h2-7,9,11-12,25H,8,10,13H2,1H3/b23-21-. The van der Waals surface area contributed by atoms with E-state index >= 15 is 0 Å². The molecule has 1 aliphatic heterocycles. The highest BCUT2D eigenvalue weighted by Crippen LogP contribution is 2.33. The highest BCUT2D eigenvalue weighted by Gasteiger charge is 2.23. The van der Waals surface area contributed by atoms with Crippen LogP contribution in [0.25, 0.3) is 11.1 Å². The summed E-state index contributed by atoms with van der Waals surface area (Å²) in [5.41, 5.74) is 2.84. The largest absolute Gasteiger partial charge is 0.507 e. The van der Waals surface area contributed by atoms with E-state index in [0.717, 1.165) is 25.1 Å². The van der Waals surface area contributed by atoms with Gasteiger partial charge >= 0.3 is 0 Å². The highest BCUT2D eigenvalue weighted by molar-refractivity contribution is 7.10. The molecule has 1 aliphatic rings. The van der Waals surface area contributed by atoms with Crippen molar-refractivity contribution in [2.45, 2.75) is 13.0 Å². The quantitative estimate of drug-likeness (QED) is 0.408. The summed E-state index contributed by atoms with van der Waals surface area (Å²) < 4.78 is 14.1. The number of thiophene rings is 1. The van der Waals surface area contributed by atoms with E-state index in [2.05, 4.69) is 21.5 Å². The number of aromatic hydroxyl groups is 1. The SMILES string of the molecule is CO/N=C(/c1ccc(-c2ccccc2F)c(O)c1)N1CCc2sccc2C1. The van der Waals surface area contributed by atoms with Crippen molar-refractivity contribution in [2.24, 2.45) is 5.16 Å². The second-order valence-corrected chi connectivity index (χ2v) is 7.35. The van der Waals surface area contributed by atoms with Crippen molar-refractivity contribution in [3.8, 4) is 16.9 Å². The van der Waals surface area contributed by atoms with Crippen LogP contribution >= 0.6 is 11.3 Å². The number of phenols is 1. The van der Waals surface area contributed by atoms with Crippen LogP contribution in [0.2, 0.25) is 0 Å². The van der Waals surface area contributed by atoms with Crippen molar-refractivity contribution in [1.82, 2.24) is 4.90 Å². The number of oxime groups is 1. The number of fused-ring (bicyclic) bond motifs is 1. The number of rotatable bonds is 3. The summed E-state index contributed by atoms with van der Waals surface area (Å²) in [4.78, 5) is 8.60. The van der Waals surface area contributed by atoms with Gasteiger partial charge in [-0.25, -0.2) is 4.39 Å². The minimum atomic E-state index is -0.368. The van der Waals surface area contributed by atoms with Crippen molar-refractivity contribution in [1.29, 1.82) is 0 Å². The minimum absolute atomic E-state index is 0.00892. The van der Waals surface area contributed by atoms with Gasteiger partial charge in [0.05, 0.1) is 0 Å². The number of hydrogen-bond donors (Lipinski definition) is 1. The van der Waals surface area contributed by atoms with Crippen molar-refractivity contribution >= 4 is 17.2 Å². The molecule has 0 fully saturated rings. The second kappa shape index (κ2) is 7.40. The first-order valence-corrected chi connectivity index (χ1v) is 9.55. The third-order valence-electron chi connectivity index (χ3n) is 4.70. The molecule has 4 rings (SSSR count). The number of amidine groups is 1. The van der Waals surface area contributed by atoms with E-state index in [-0.39, 0.29) is 11.6 Å². The molecule has 4 nitrogen and oxygen atoms in total. The van der Waals surface area contributed by atoms with Gasteiger partial charge in [0.2, 0.25) is 0 Å². The maximum Gasteiger partial charge on any atom is 0.175 e. The van der Waals surface area contributed by atoms with Gasteiger partial charge in [0.25, 0.3) is 0 Å². The number of phenolic OH excluding ortho intramolecular Hbond substituents is 1. The van der Waals surface area contributed by atoms with Gasteiger partial charge in [-0.2, -0.15) is 0 Å². The third kappa shape index (κ3) is 3.40. The molecule has 0 atom stereocenters. The second-order valence-electron chi connectivity index (χ2n) is 6.35. The lowest BCUT2D eigenvalue weighted by molar-refractivity contribution is 0.204. The lowest BCUT2D eigenvalue weighted by Crippen LogP contribution is -2.36. The predicted octanol–water partition coefficient (Wildman–Crippen LogP) is 4.63. The van der Waals surface area contributed by atoms with E-state index in [1.807, 2.05) is 6.07 Å². The molecule has 6 heteroatoms. The van der Waals surface area contributed by atoms with Crippen LogP contribution in [-0.4, -0.2) is 29.5 Å². The normalized spacial score (nSPS) is 14.1. The van der Waals surface area contributed by atoms with Gasteiger partial charge in [0.15, 0.2) is 5.84 Å². The molecule has 0 radical (unpaired) electrons. The molecule has 27 heavy (non-hydrogen) atoms. The van der Waals surface area contributed by atoms with Crippen molar-refractivity contribution in [3.05, 3.63) is 75.7 Å². The van der Waals surface area contributed by atoms with E-state index in [1.165, 1.54) is 23.6 Å². The van der Waals surface area contributed by atoms with Crippen LogP contribution in [0.4, 0.5) is 4.39 Å². The lowest BCUT2D eigenvalue weighted by atomic mass is 10.0. The summed E-state index contributed by atoms with van der Waals surface area (Å²) in [5.74, 6) is 0.298. The summed E-state index contributed by atoms with van der Waals surface area (Å²) >= 11 is 1.78. The predicted molar refractivity (Wildman–Crippen MR) is 105 cm³/mol. The first-order valence-electron chi connectivity index (χ1n) is 8.67. The van der Waals surface area contributed by atoms with Crippen LogP contribution < -0.4 is 0 Å². The van der Waals surface area contributed by atoms with Gasteiger partial charge in [-0.1, -0.05) is 29.4 Å². The topological polar surface area (TPSA) is 45.1 Å². The van der Waals surface area contributed by atoms with Gasteiger partial charge in [0.1, 0.15) is 18.7 Å². The molecule has 0 unspecified atom stereocenters. The molecule has 2 heterocycles. The molecule has 0 saturated carbocycles. The lowest BCUT2D eigenvalue weighted by Gasteiger charge is -2.29. The molecular formula is C21H19FN2O2S. The summed E-state index contributed by atoms with van der Waals surface area (Å²) in [5, 5.41) is 16.8. The Morgan fingerprint density at radius 1 is 1.19 bits per heavy atom. The van der Waals surface area contributed by atoms with Crippen LogP contribution in [0.5, 0.6) is 5.75 Å². The molecule has 138 valence electrons. The molecule has 2 aromatic carbocycles. The zero-order valence-electron chi connectivity index (χ0n) is 14.9. The maximum atomic E-state index is 14.1. The first kappa shape index (κ1) is 17.5. The fourth-order valence-electron chi connectivity index (χ4n) is 3.39. The van der Waals surface area contributed by atoms with Crippen LogP contribution in [0.1, 0.15) is 16.0 Å². The monoisotopic (exact) mass is 382 g/mol. The number of nitrogens with zero attached hydrogens (tertiary/aromatic N) is 2. The van der Waals surface area contributed by atoms with Crippen LogP contribution in [-0.2, 0) is 17.8 Å². The van der Waals surface area contributed by atoms with Crippen LogP contribution in [0, 0.1) is 5.82 Å². The zero-order valence-corrected chi connectivity index (χ0v) is 15.7. The molecule has 1 aromatic heterocycles. The smallest absolute Gasteiger partial charge is 0.175 e. The average molecular weight is 382 g/mol. The van der Waals surface area contributed by atoms with E-state index in [4.69, 9.17) is 4.84 Å². The molecule has 0 bridgehead atoms. The highest BCUT2D eigenvalue weighted by atomic mass is 32.1. The summed E-state index contributed by atoms with van der Waals surface area (Å²) in [6.45, 7) is 1.57. The summed E-state index contributed by atoms with van der Waals surface area (Å²) in [6.07, 6.45) is 0.953.